The van der Waals surface area contributed by atoms with E-state index >= 15 is 0 Å². The molecule has 0 N–H and O–H groups in total. The highest BCUT2D eigenvalue weighted by Crippen LogP contribution is 2.19. The Hall–Kier alpha value is -1.46. The average molecular weight is 510 g/mol. The zero-order chi connectivity index (χ0) is 25.9. The maximum atomic E-state index is 12.1. The van der Waals surface area contributed by atoms with E-state index in [0.717, 1.165) is 37.7 Å². The van der Waals surface area contributed by atoms with Crippen LogP contribution in [0.25, 0.3) is 0 Å². The lowest BCUT2D eigenvalue weighted by molar-refractivity contribution is -0.147. The van der Waals surface area contributed by atoms with E-state index < -0.39 is 16.2 Å². The molecule has 1 aromatic rings. The summed E-state index contributed by atoms with van der Waals surface area (Å²) < 4.78 is 40.4. The van der Waals surface area contributed by atoms with Gasteiger partial charge in [0.1, 0.15) is 6.10 Å². The van der Waals surface area contributed by atoms with Gasteiger partial charge in [0.15, 0.2) is 6.29 Å². The summed E-state index contributed by atoms with van der Waals surface area (Å²) in [7, 11) is -3.64. The van der Waals surface area contributed by atoms with Gasteiger partial charge in [-0.15, -0.1) is 0 Å². The van der Waals surface area contributed by atoms with Crippen molar-refractivity contribution in [2.75, 3.05) is 13.2 Å². The van der Waals surface area contributed by atoms with E-state index in [1.54, 1.807) is 24.3 Å². The Balaban J connectivity index is 1.95. The topological polar surface area (TPSA) is 85.6 Å². The van der Waals surface area contributed by atoms with Crippen LogP contribution in [-0.4, -0.2) is 34.0 Å². The molecule has 0 saturated carbocycles. The molecule has 3 atom stereocenters. The number of hydrogen-bond acceptors (Lipinski definition) is 6. The Bertz CT molecular complexity index is 804. The summed E-state index contributed by atoms with van der Waals surface area (Å²) in [6.45, 7) is 8.72. The fraction of sp³-hybridized carbons (Fsp3) is 0.750. The summed E-state index contributed by atoms with van der Waals surface area (Å²) >= 11 is 0. The lowest BCUT2D eigenvalue weighted by Gasteiger charge is -2.20. The third kappa shape index (κ3) is 15.3. The van der Waals surface area contributed by atoms with Gasteiger partial charge < -0.3 is 9.47 Å². The van der Waals surface area contributed by atoms with Gasteiger partial charge in [0, 0.05) is 6.61 Å². The largest absolute Gasteiger partial charge is 0.353 e. The third-order valence-electron chi connectivity index (χ3n) is 6.16. The lowest BCUT2D eigenvalue weighted by Crippen LogP contribution is -2.23. The van der Waals surface area contributed by atoms with Gasteiger partial charge in [-0.05, 0) is 51.7 Å². The second-order valence-corrected chi connectivity index (χ2v) is 11.1. The normalized spacial score (nSPS) is 14.4. The van der Waals surface area contributed by atoms with Crippen LogP contribution >= 0.6 is 0 Å². The Morgan fingerprint density at radius 1 is 0.886 bits per heavy atom. The first-order chi connectivity index (χ1) is 16.8. The fourth-order valence-electron chi connectivity index (χ4n) is 4.08. The van der Waals surface area contributed by atoms with E-state index in [1.165, 1.54) is 44.9 Å². The minimum absolute atomic E-state index is 0.227. The SMILES string of the molecule is CCOC(C)OC(C#N)CC(C)CCCCCCCCCCCCOS(=O)(=O)c1ccc(C)cc1. The van der Waals surface area contributed by atoms with E-state index in [-0.39, 0.29) is 17.8 Å². The summed E-state index contributed by atoms with van der Waals surface area (Å²) in [6, 6.07) is 9.00. The van der Waals surface area contributed by atoms with Gasteiger partial charge in [0.25, 0.3) is 10.1 Å². The highest BCUT2D eigenvalue weighted by atomic mass is 32.2. The summed E-state index contributed by atoms with van der Waals surface area (Å²) in [5, 5.41) is 9.29. The van der Waals surface area contributed by atoms with Crippen LogP contribution in [0, 0.1) is 24.2 Å². The molecule has 0 aliphatic heterocycles. The predicted molar refractivity (Wildman–Crippen MR) is 140 cm³/mol. The summed E-state index contributed by atoms with van der Waals surface area (Å²) in [5.41, 5.74) is 1.03. The van der Waals surface area contributed by atoms with Crippen molar-refractivity contribution in [1.29, 1.82) is 5.26 Å². The Morgan fingerprint density at radius 2 is 1.43 bits per heavy atom. The number of nitrogens with zero attached hydrogens (tertiary/aromatic N) is 1. The van der Waals surface area contributed by atoms with Crippen LogP contribution < -0.4 is 0 Å². The van der Waals surface area contributed by atoms with Crippen LogP contribution in [0.2, 0.25) is 0 Å². The Labute approximate surface area is 214 Å². The summed E-state index contributed by atoms with van der Waals surface area (Å²) in [4.78, 5) is 0.227. The number of ether oxygens (including phenoxy) is 2. The predicted octanol–water partition coefficient (Wildman–Crippen LogP) is 7.31. The first-order valence-corrected chi connectivity index (χ1v) is 14.8. The van der Waals surface area contributed by atoms with Crippen LogP contribution in [0.1, 0.15) is 103 Å². The zero-order valence-corrected chi connectivity index (χ0v) is 23.2. The van der Waals surface area contributed by atoms with Crippen molar-refractivity contribution in [2.45, 2.75) is 122 Å². The van der Waals surface area contributed by atoms with Gasteiger partial charge in [0.05, 0.1) is 17.6 Å². The molecule has 6 nitrogen and oxygen atoms in total. The number of nitriles is 1. The molecular weight excluding hydrogens is 462 g/mol. The van der Waals surface area contributed by atoms with Gasteiger partial charge >= 0.3 is 0 Å². The van der Waals surface area contributed by atoms with Crippen molar-refractivity contribution >= 4 is 10.1 Å². The Morgan fingerprint density at radius 3 is 1.97 bits per heavy atom. The van der Waals surface area contributed by atoms with Gasteiger partial charge in [0.2, 0.25) is 0 Å². The molecule has 0 aromatic heterocycles. The molecule has 200 valence electrons. The first-order valence-electron chi connectivity index (χ1n) is 13.4. The van der Waals surface area contributed by atoms with Crippen LogP contribution in [-0.2, 0) is 23.8 Å². The number of rotatable bonds is 21. The molecule has 0 spiro atoms. The summed E-state index contributed by atoms with van der Waals surface area (Å²) in [5.74, 6) is 0.476. The van der Waals surface area contributed by atoms with Crippen LogP contribution in [0.15, 0.2) is 29.2 Å². The molecule has 7 heteroatoms. The van der Waals surface area contributed by atoms with E-state index in [4.69, 9.17) is 13.7 Å². The van der Waals surface area contributed by atoms with Crippen LogP contribution in [0.3, 0.4) is 0 Å². The number of unbranched alkanes of at least 4 members (excludes halogenated alkanes) is 9. The standard InChI is InChI=1S/C28H47NO5S/c1-5-32-26(4)34-27(23-29)22-25(3)16-14-12-10-8-6-7-9-11-13-15-21-33-35(30,31)28-19-17-24(2)18-20-28/h17-20,25-27H,5-16,21-22H2,1-4H3. The number of benzene rings is 1. The van der Waals surface area contributed by atoms with E-state index in [1.807, 2.05) is 20.8 Å². The summed E-state index contributed by atoms with van der Waals surface area (Å²) in [6.07, 6.45) is 12.7. The van der Waals surface area contributed by atoms with Gasteiger partial charge in [-0.25, -0.2) is 0 Å². The smallest absolute Gasteiger partial charge is 0.296 e. The minimum Gasteiger partial charge on any atom is -0.353 e. The second-order valence-electron chi connectivity index (χ2n) is 9.53. The average Bonchev–Trinajstić information content (AvgIpc) is 2.82. The van der Waals surface area contributed by atoms with Crippen molar-refractivity contribution in [1.82, 2.24) is 0 Å². The fourth-order valence-corrected chi connectivity index (χ4v) is 5.02. The van der Waals surface area contributed by atoms with Crippen LogP contribution in [0.5, 0.6) is 0 Å². The maximum Gasteiger partial charge on any atom is 0.296 e. The molecule has 0 amide bonds. The quantitative estimate of drug-likeness (QED) is 0.0981. The maximum absolute atomic E-state index is 12.1. The van der Waals surface area contributed by atoms with E-state index in [0.29, 0.717) is 12.5 Å². The van der Waals surface area contributed by atoms with E-state index in [2.05, 4.69) is 13.0 Å². The third-order valence-corrected chi connectivity index (χ3v) is 7.48. The highest BCUT2D eigenvalue weighted by Gasteiger charge is 2.16. The molecule has 0 saturated heterocycles. The minimum atomic E-state index is -3.64. The second kappa shape index (κ2) is 18.8. The number of hydrogen-bond donors (Lipinski definition) is 0. The molecule has 35 heavy (non-hydrogen) atoms. The molecule has 0 radical (unpaired) electrons. The monoisotopic (exact) mass is 509 g/mol. The molecule has 0 aliphatic carbocycles. The van der Waals surface area contributed by atoms with Gasteiger partial charge in [-0.3, -0.25) is 4.18 Å². The lowest BCUT2D eigenvalue weighted by atomic mass is 9.96. The van der Waals surface area contributed by atoms with Crippen molar-refractivity contribution in [3.63, 3.8) is 0 Å². The van der Waals surface area contributed by atoms with Crippen molar-refractivity contribution in [2.24, 2.45) is 5.92 Å². The van der Waals surface area contributed by atoms with E-state index in [9.17, 15) is 13.7 Å². The zero-order valence-electron chi connectivity index (χ0n) is 22.3. The highest BCUT2D eigenvalue weighted by molar-refractivity contribution is 7.86. The van der Waals surface area contributed by atoms with Crippen molar-refractivity contribution in [3.05, 3.63) is 29.8 Å². The van der Waals surface area contributed by atoms with Gasteiger partial charge in [-0.1, -0.05) is 88.8 Å². The molecule has 1 aromatic carbocycles. The molecule has 3 unspecified atom stereocenters. The molecular formula is C28H47NO5S. The van der Waals surface area contributed by atoms with Crippen molar-refractivity contribution in [3.8, 4) is 6.07 Å². The molecule has 0 aliphatic rings. The molecule has 0 heterocycles. The number of aryl methyl sites for hydroxylation is 1. The first kappa shape index (κ1) is 31.6. The molecule has 0 fully saturated rings. The van der Waals surface area contributed by atoms with Crippen molar-refractivity contribution < 1.29 is 22.1 Å². The van der Waals surface area contributed by atoms with Crippen LogP contribution in [0.4, 0.5) is 0 Å². The Kier molecular flexibility index (Phi) is 16.9. The molecule has 1 rings (SSSR count). The molecule has 0 bridgehead atoms. The van der Waals surface area contributed by atoms with Gasteiger partial charge in [-0.2, -0.15) is 13.7 Å².